The largest absolute Gasteiger partial charge is 0.494 e. The number of rotatable bonds is 8. The van der Waals surface area contributed by atoms with Gasteiger partial charge in [0.2, 0.25) is 5.89 Å². The van der Waals surface area contributed by atoms with E-state index in [-0.39, 0.29) is 0 Å². The fraction of sp³-hybridized carbons (Fsp3) is 0.286. The summed E-state index contributed by atoms with van der Waals surface area (Å²) in [4.78, 5) is 3.86. The van der Waals surface area contributed by atoms with Gasteiger partial charge in [-0.2, -0.15) is 5.10 Å². The van der Waals surface area contributed by atoms with Gasteiger partial charge in [-0.3, -0.25) is 0 Å². The van der Waals surface area contributed by atoms with Crippen LogP contribution in [-0.4, -0.2) is 37.3 Å². The molecule has 0 saturated carbocycles. The molecular formula is C14H15N5O2S. The maximum atomic E-state index is 5.62. The standard InChI is InChI=1S/C14H15N5O2S/c1-2-5-12(6-3-1)20-7-4-8-22-14-18-17-13(21-14)9-19-11-15-10-16-19/h1-3,5-6,10-11H,4,7-9H2. The minimum absolute atomic E-state index is 0.435. The molecule has 0 amide bonds. The average molecular weight is 317 g/mol. The summed E-state index contributed by atoms with van der Waals surface area (Å²) in [5.74, 6) is 2.27. The van der Waals surface area contributed by atoms with Crippen LogP contribution in [0.25, 0.3) is 0 Å². The number of hydrogen-bond acceptors (Lipinski definition) is 7. The molecule has 0 radical (unpaired) electrons. The minimum atomic E-state index is 0.435. The Morgan fingerprint density at radius 3 is 2.91 bits per heavy atom. The highest BCUT2D eigenvalue weighted by Gasteiger charge is 2.07. The summed E-state index contributed by atoms with van der Waals surface area (Å²) in [6, 6.07) is 9.77. The van der Waals surface area contributed by atoms with Crippen LogP contribution in [0.4, 0.5) is 0 Å². The molecule has 1 aromatic carbocycles. The van der Waals surface area contributed by atoms with Crippen molar-refractivity contribution in [3.8, 4) is 5.75 Å². The number of hydrogen-bond donors (Lipinski definition) is 0. The maximum Gasteiger partial charge on any atom is 0.276 e. The monoisotopic (exact) mass is 317 g/mol. The van der Waals surface area contributed by atoms with Gasteiger partial charge >= 0.3 is 0 Å². The number of benzene rings is 1. The van der Waals surface area contributed by atoms with Gasteiger partial charge in [-0.05, 0) is 18.6 Å². The first-order valence-electron chi connectivity index (χ1n) is 6.85. The first-order chi connectivity index (χ1) is 10.9. The Morgan fingerprint density at radius 1 is 1.18 bits per heavy atom. The summed E-state index contributed by atoms with van der Waals surface area (Å²) in [6.07, 6.45) is 3.98. The van der Waals surface area contributed by atoms with E-state index in [4.69, 9.17) is 9.15 Å². The molecular weight excluding hydrogens is 302 g/mol. The molecule has 0 spiro atoms. The normalized spacial score (nSPS) is 10.7. The third-order valence-corrected chi connectivity index (χ3v) is 3.64. The summed E-state index contributed by atoms with van der Waals surface area (Å²) in [7, 11) is 0. The van der Waals surface area contributed by atoms with Crippen molar-refractivity contribution in [1.29, 1.82) is 0 Å². The number of nitrogens with zero attached hydrogens (tertiary/aromatic N) is 5. The summed E-state index contributed by atoms with van der Waals surface area (Å²) < 4.78 is 12.8. The number of para-hydroxylation sites is 1. The highest BCUT2D eigenvalue weighted by molar-refractivity contribution is 7.99. The molecule has 3 rings (SSSR count). The van der Waals surface area contributed by atoms with Crippen molar-refractivity contribution in [2.75, 3.05) is 12.4 Å². The Labute approximate surface area is 131 Å². The van der Waals surface area contributed by atoms with E-state index in [1.165, 1.54) is 18.1 Å². The molecule has 0 saturated heterocycles. The van der Waals surface area contributed by atoms with E-state index in [2.05, 4.69) is 20.3 Å². The van der Waals surface area contributed by atoms with Crippen molar-refractivity contribution in [1.82, 2.24) is 25.0 Å². The molecule has 0 unspecified atom stereocenters. The van der Waals surface area contributed by atoms with Crippen molar-refractivity contribution in [3.63, 3.8) is 0 Å². The van der Waals surface area contributed by atoms with Gasteiger partial charge in [0.1, 0.15) is 24.9 Å². The van der Waals surface area contributed by atoms with Gasteiger partial charge in [0, 0.05) is 5.75 Å². The third-order valence-electron chi connectivity index (χ3n) is 2.74. The molecule has 0 N–H and O–H groups in total. The van der Waals surface area contributed by atoms with Gasteiger partial charge in [0.15, 0.2) is 0 Å². The molecule has 0 bridgehead atoms. The van der Waals surface area contributed by atoms with Gasteiger partial charge < -0.3 is 9.15 Å². The highest BCUT2D eigenvalue weighted by Crippen LogP contribution is 2.17. The van der Waals surface area contributed by atoms with Gasteiger partial charge in [-0.15, -0.1) is 10.2 Å². The molecule has 8 heteroatoms. The smallest absolute Gasteiger partial charge is 0.276 e. The van der Waals surface area contributed by atoms with Gasteiger partial charge in [-0.25, -0.2) is 9.67 Å². The fourth-order valence-electron chi connectivity index (χ4n) is 1.74. The van der Waals surface area contributed by atoms with Gasteiger partial charge in [0.25, 0.3) is 5.22 Å². The second kappa shape index (κ2) is 7.60. The Hall–Kier alpha value is -2.35. The van der Waals surface area contributed by atoms with Gasteiger partial charge in [-0.1, -0.05) is 30.0 Å². The van der Waals surface area contributed by atoms with Crippen molar-refractivity contribution >= 4 is 11.8 Å². The van der Waals surface area contributed by atoms with Crippen LogP contribution < -0.4 is 4.74 Å². The second-order valence-electron chi connectivity index (χ2n) is 4.42. The quantitative estimate of drug-likeness (QED) is 0.466. The molecule has 114 valence electrons. The first-order valence-corrected chi connectivity index (χ1v) is 7.84. The van der Waals surface area contributed by atoms with E-state index in [0.29, 0.717) is 24.3 Å². The van der Waals surface area contributed by atoms with Crippen LogP contribution in [0.3, 0.4) is 0 Å². The third kappa shape index (κ3) is 4.32. The van der Waals surface area contributed by atoms with E-state index < -0.39 is 0 Å². The van der Waals surface area contributed by atoms with Crippen molar-refractivity contribution in [3.05, 3.63) is 48.9 Å². The van der Waals surface area contributed by atoms with Gasteiger partial charge in [0.05, 0.1) is 6.61 Å². The van der Waals surface area contributed by atoms with Crippen LogP contribution in [-0.2, 0) is 6.54 Å². The molecule has 0 aliphatic carbocycles. The zero-order valence-corrected chi connectivity index (χ0v) is 12.6. The SMILES string of the molecule is c1ccc(OCCCSc2nnc(Cn3cncn3)o2)cc1. The number of aromatic nitrogens is 5. The van der Waals surface area contributed by atoms with Crippen LogP contribution in [0, 0.1) is 0 Å². The lowest BCUT2D eigenvalue weighted by molar-refractivity contribution is 0.318. The number of thioether (sulfide) groups is 1. The zero-order valence-electron chi connectivity index (χ0n) is 11.8. The van der Waals surface area contributed by atoms with E-state index in [9.17, 15) is 0 Å². The topological polar surface area (TPSA) is 78.9 Å². The van der Waals surface area contributed by atoms with E-state index in [1.807, 2.05) is 30.3 Å². The van der Waals surface area contributed by atoms with Crippen LogP contribution >= 0.6 is 11.8 Å². The van der Waals surface area contributed by atoms with E-state index in [0.717, 1.165) is 17.9 Å². The summed E-state index contributed by atoms with van der Waals surface area (Å²) in [6.45, 7) is 1.10. The molecule has 3 aromatic rings. The molecule has 22 heavy (non-hydrogen) atoms. The lowest BCUT2D eigenvalue weighted by Crippen LogP contribution is -1.99. The second-order valence-corrected chi connectivity index (χ2v) is 5.46. The van der Waals surface area contributed by atoms with Crippen LogP contribution in [0.15, 0.2) is 52.6 Å². The Balaban J connectivity index is 1.36. The predicted molar refractivity (Wildman–Crippen MR) is 80.7 cm³/mol. The molecule has 0 fully saturated rings. The zero-order chi connectivity index (χ0) is 15.0. The molecule has 7 nitrogen and oxygen atoms in total. The average Bonchev–Trinajstić information content (AvgIpc) is 3.21. The molecule has 0 aliphatic rings. The van der Waals surface area contributed by atoms with Crippen molar-refractivity contribution in [2.45, 2.75) is 18.2 Å². The maximum absolute atomic E-state index is 5.62. The molecule has 0 atom stereocenters. The minimum Gasteiger partial charge on any atom is -0.494 e. The fourth-order valence-corrected chi connectivity index (χ4v) is 2.43. The highest BCUT2D eigenvalue weighted by atomic mass is 32.2. The first kappa shape index (κ1) is 14.6. The summed E-state index contributed by atoms with van der Waals surface area (Å²) in [5.41, 5.74) is 0. The van der Waals surface area contributed by atoms with Crippen molar-refractivity contribution < 1.29 is 9.15 Å². The van der Waals surface area contributed by atoms with E-state index in [1.54, 1.807) is 11.0 Å². The Bertz CT molecular complexity index is 672. The van der Waals surface area contributed by atoms with Crippen LogP contribution in [0.5, 0.6) is 5.75 Å². The molecule has 2 heterocycles. The predicted octanol–water partition coefficient (Wildman–Crippen LogP) is 2.27. The summed E-state index contributed by atoms with van der Waals surface area (Å²) in [5, 5.41) is 12.5. The lowest BCUT2D eigenvalue weighted by Gasteiger charge is -2.04. The summed E-state index contributed by atoms with van der Waals surface area (Å²) >= 11 is 1.52. The van der Waals surface area contributed by atoms with E-state index >= 15 is 0 Å². The lowest BCUT2D eigenvalue weighted by atomic mass is 10.3. The Morgan fingerprint density at radius 2 is 2.09 bits per heavy atom. The van der Waals surface area contributed by atoms with Crippen LogP contribution in [0.2, 0.25) is 0 Å². The Kier molecular flexibility index (Phi) is 5.04. The molecule has 2 aromatic heterocycles. The van der Waals surface area contributed by atoms with Crippen molar-refractivity contribution in [2.24, 2.45) is 0 Å². The molecule has 0 aliphatic heterocycles. The van der Waals surface area contributed by atoms with Crippen LogP contribution in [0.1, 0.15) is 12.3 Å². The number of ether oxygens (including phenoxy) is 1.